The lowest BCUT2D eigenvalue weighted by Gasteiger charge is -2.05. The third-order valence-corrected chi connectivity index (χ3v) is 2.63. The molecule has 0 bridgehead atoms. The summed E-state index contributed by atoms with van der Waals surface area (Å²) in [6.07, 6.45) is 5.58. The summed E-state index contributed by atoms with van der Waals surface area (Å²) in [6.45, 7) is 0.515. The standard InChI is InChI=1S/C10H11N7O/c11-2-1-7-12-3-4-16(7)8-5-9-14-15-10(18)17(9)6-13-8/h3-6H,1-2,11H2,(H,15,18). The molecule has 0 spiro atoms. The van der Waals surface area contributed by atoms with E-state index in [1.165, 1.54) is 10.7 Å². The molecule has 0 unspecified atom stereocenters. The molecule has 3 N–H and O–H groups in total. The largest absolute Gasteiger partial charge is 0.348 e. The van der Waals surface area contributed by atoms with Gasteiger partial charge in [0.25, 0.3) is 0 Å². The maximum atomic E-state index is 11.3. The predicted octanol–water partition coefficient (Wildman–Crippen LogP) is -0.896. The van der Waals surface area contributed by atoms with Crippen LogP contribution in [0.3, 0.4) is 0 Å². The molecule has 3 aromatic heterocycles. The molecule has 0 fully saturated rings. The predicted molar refractivity (Wildman–Crippen MR) is 63.5 cm³/mol. The van der Waals surface area contributed by atoms with Gasteiger partial charge in [-0.05, 0) is 6.54 Å². The lowest BCUT2D eigenvalue weighted by Crippen LogP contribution is -2.12. The highest BCUT2D eigenvalue weighted by Crippen LogP contribution is 2.09. The number of hydrogen-bond donors (Lipinski definition) is 2. The molecule has 0 atom stereocenters. The highest BCUT2D eigenvalue weighted by Gasteiger charge is 2.07. The van der Waals surface area contributed by atoms with E-state index in [1.807, 2.05) is 4.57 Å². The van der Waals surface area contributed by atoms with Crippen LogP contribution in [0.15, 0.2) is 29.6 Å². The van der Waals surface area contributed by atoms with Gasteiger partial charge in [0.2, 0.25) is 0 Å². The van der Waals surface area contributed by atoms with Crippen LogP contribution in [0.25, 0.3) is 11.5 Å². The van der Waals surface area contributed by atoms with Gasteiger partial charge in [-0.25, -0.2) is 24.3 Å². The number of fused-ring (bicyclic) bond motifs is 1. The zero-order valence-electron chi connectivity index (χ0n) is 9.45. The van der Waals surface area contributed by atoms with Crippen molar-refractivity contribution in [1.82, 2.24) is 29.1 Å². The maximum absolute atomic E-state index is 11.3. The SMILES string of the molecule is NCCc1nccn1-c1cc2n[nH]c(=O)n2cn1. The van der Waals surface area contributed by atoms with Gasteiger partial charge in [-0.1, -0.05) is 0 Å². The number of imidazole rings is 1. The molecular formula is C10H11N7O. The van der Waals surface area contributed by atoms with E-state index in [2.05, 4.69) is 20.2 Å². The second-order valence-corrected chi connectivity index (χ2v) is 3.76. The smallest absolute Gasteiger partial charge is 0.330 e. The van der Waals surface area contributed by atoms with E-state index in [0.717, 1.165) is 5.82 Å². The Labute approximate surface area is 101 Å². The molecule has 3 rings (SSSR count). The van der Waals surface area contributed by atoms with Crippen molar-refractivity contribution < 1.29 is 0 Å². The van der Waals surface area contributed by atoms with Gasteiger partial charge < -0.3 is 5.73 Å². The first-order valence-electron chi connectivity index (χ1n) is 5.45. The Hall–Kier alpha value is -2.48. The van der Waals surface area contributed by atoms with Crippen molar-refractivity contribution >= 4 is 5.65 Å². The van der Waals surface area contributed by atoms with E-state index in [4.69, 9.17) is 5.73 Å². The molecule has 0 saturated heterocycles. The summed E-state index contributed by atoms with van der Waals surface area (Å²) >= 11 is 0. The maximum Gasteiger partial charge on any atom is 0.348 e. The molecule has 0 saturated carbocycles. The highest BCUT2D eigenvalue weighted by molar-refractivity contribution is 5.42. The fraction of sp³-hybridized carbons (Fsp3) is 0.200. The van der Waals surface area contributed by atoms with Crippen molar-refractivity contribution in [3.05, 3.63) is 41.1 Å². The number of hydrogen-bond acceptors (Lipinski definition) is 5. The van der Waals surface area contributed by atoms with Gasteiger partial charge in [-0.3, -0.25) is 4.57 Å². The Balaban J connectivity index is 2.13. The van der Waals surface area contributed by atoms with Gasteiger partial charge in [-0.15, -0.1) is 0 Å². The Morgan fingerprint density at radius 1 is 1.39 bits per heavy atom. The number of nitrogens with two attached hydrogens (primary N) is 1. The van der Waals surface area contributed by atoms with Crippen LogP contribution >= 0.6 is 0 Å². The minimum atomic E-state index is -0.308. The monoisotopic (exact) mass is 245 g/mol. The number of nitrogens with one attached hydrogen (secondary N) is 1. The molecule has 0 aliphatic carbocycles. The van der Waals surface area contributed by atoms with Crippen LogP contribution < -0.4 is 11.4 Å². The Kier molecular flexibility index (Phi) is 2.41. The van der Waals surface area contributed by atoms with Crippen molar-refractivity contribution in [2.75, 3.05) is 6.54 Å². The van der Waals surface area contributed by atoms with Crippen LogP contribution in [-0.2, 0) is 6.42 Å². The van der Waals surface area contributed by atoms with Crippen LogP contribution in [0, 0.1) is 0 Å². The van der Waals surface area contributed by atoms with Crippen molar-refractivity contribution in [3.8, 4) is 5.82 Å². The first-order chi connectivity index (χ1) is 8.79. The molecule has 3 heterocycles. The lowest BCUT2D eigenvalue weighted by atomic mass is 10.4. The average Bonchev–Trinajstić information content (AvgIpc) is 2.97. The van der Waals surface area contributed by atoms with Crippen LogP contribution in [0.5, 0.6) is 0 Å². The van der Waals surface area contributed by atoms with E-state index in [1.54, 1.807) is 18.5 Å². The number of aromatic nitrogens is 6. The third kappa shape index (κ3) is 1.59. The van der Waals surface area contributed by atoms with Crippen LogP contribution in [-0.4, -0.2) is 35.7 Å². The molecule has 92 valence electrons. The first-order valence-corrected chi connectivity index (χ1v) is 5.45. The summed E-state index contributed by atoms with van der Waals surface area (Å²) < 4.78 is 3.16. The van der Waals surface area contributed by atoms with Crippen molar-refractivity contribution in [2.45, 2.75) is 6.42 Å². The lowest BCUT2D eigenvalue weighted by molar-refractivity contribution is 0.818. The second kappa shape index (κ2) is 4.08. The summed E-state index contributed by atoms with van der Waals surface area (Å²) in [6, 6.07) is 1.71. The average molecular weight is 245 g/mol. The Morgan fingerprint density at radius 3 is 3.11 bits per heavy atom. The second-order valence-electron chi connectivity index (χ2n) is 3.76. The molecule has 0 aliphatic rings. The van der Waals surface area contributed by atoms with E-state index in [0.29, 0.717) is 24.4 Å². The molecule has 0 radical (unpaired) electrons. The van der Waals surface area contributed by atoms with Gasteiger partial charge in [0.05, 0.1) is 0 Å². The molecular weight excluding hydrogens is 234 g/mol. The number of H-pyrrole nitrogens is 1. The van der Waals surface area contributed by atoms with Gasteiger partial charge in [0, 0.05) is 24.9 Å². The van der Waals surface area contributed by atoms with Crippen molar-refractivity contribution in [3.63, 3.8) is 0 Å². The normalized spacial score (nSPS) is 11.2. The number of nitrogens with zero attached hydrogens (tertiary/aromatic N) is 5. The molecule has 18 heavy (non-hydrogen) atoms. The van der Waals surface area contributed by atoms with Gasteiger partial charge in [0.15, 0.2) is 5.65 Å². The number of rotatable bonds is 3. The molecule has 0 aromatic carbocycles. The Bertz CT molecular complexity index is 738. The topological polar surface area (TPSA) is 107 Å². The van der Waals surface area contributed by atoms with Crippen molar-refractivity contribution in [1.29, 1.82) is 0 Å². The van der Waals surface area contributed by atoms with Gasteiger partial charge >= 0.3 is 5.69 Å². The molecule has 8 heteroatoms. The zero-order chi connectivity index (χ0) is 12.5. The van der Waals surface area contributed by atoms with Crippen LogP contribution in [0.4, 0.5) is 0 Å². The van der Waals surface area contributed by atoms with Gasteiger partial charge in [-0.2, -0.15) is 5.10 Å². The van der Waals surface area contributed by atoms with E-state index in [9.17, 15) is 4.79 Å². The van der Waals surface area contributed by atoms with Crippen molar-refractivity contribution in [2.24, 2.45) is 5.73 Å². The summed E-state index contributed by atoms with van der Waals surface area (Å²) in [7, 11) is 0. The summed E-state index contributed by atoms with van der Waals surface area (Å²) in [5.74, 6) is 1.48. The summed E-state index contributed by atoms with van der Waals surface area (Å²) in [5, 5.41) is 6.25. The van der Waals surface area contributed by atoms with Gasteiger partial charge in [0.1, 0.15) is 18.0 Å². The van der Waals surface area contributed by atoms with Crippen LogP contribution in [0.1, 0.15) is 5.82 Å². The highest BCUT2D eigenvalue weighted by atomic mass is 16.1. The van der Waals surface area contributed by atoms with E-state index in [-0.39, 0.29) is 5.69 Å². The van der Waals surface area contributed by atoms with E-state index < -0.39 is 0 Å². The quantitative estimate of drug-likeness (QED) is 0.622. The summed E-state index contributed by atoms with van der Waals surface area (Å²) in [5.41, 5.74) is 5.73. The fourth-order valence-corrected chi connectivity index (χ4v) is 1.79. The summed E-state index contributed by atoms with van der Waals surface area (Å²) in [4.78, 5) is 19.7. The van der Waals surface area contributed by atoms with E-state index >= 15 is 0 Å². The molecule has 3 aromatic rings. The van der Waals surface area contributed by atoms with Crippen LogP contribution in [0.2, 0.25) is 0 Å². The Morgan fingerprint density at radius 2 is 2.28 bits per heavy atom. The zero-order valence-corrected chi connectivity index (χ0v) is 9.45. The fourth-order valence-electron chi connectivity index (χ4n) is 1.79. The number of aromatic amines is 1. The minimum Gasteiger partial charge on any atom is -0.330 e. The molecule has 0 amide bonds. The molecule has 8 nitrogen and oxygen atoms in total. The molecule has 0 aliphatic heterocycles. The third-order valence-electron chi connectivity index (χ3n) is 2.63. The minimum absolute atomic E-state index is 0.308. The first kappa shape index (κ1) is 10.7.